The van der Waals surface area contributed by atoms with Gasteiger partial charge in [-0.25, -0.2) is 0 Å². The lowest BCUT2D eigenvalue weighted by Gasteiger charge is -2.30. The highest BCUT2D eigenvalue weighted by molar-refractivity contribution is 5.15. The van der Waals surface area contributed by atoms with Crippen LogP contribution in [0.5, 0.6) is 0 Å². The van der Waals surface area contributed by atoms with Gasteiger partial charge in [-0.2, -0.15) is 0 Å². The molecule has 0 radical (unpaired) electrons. The molecule has 0 aromatic heterocycles. The van der Waals surface area contributed by atoms with Crippen molar-refractivity contribution in [1.82, 2.24) is 9.80 Å². The van der Waals surface area contributed by atoms with Crippen LogP contribution in [0.15, 0.2) is 42.7 Å². The number of unbranched alkanes of at least 4 members (excludes halogenated alkanes) is 2. The van der Waals surface area contributed by atoms with E-state index in [4.69, 9.17) is 0 Å². The van der Waals surface area contributed by atoms with Crippen molar-refractivity contribution in [3.63, 3.8) is 0 Å². The molecule has 1 aliphatic rings. The highest BCUT2D eigenvalue weighted by Crippen LogP contribution is 2.21. The van der Waals surface area contributed by atoms with Crippen LogP contribution in [-0.2, 0) is 6.54 Å². The van der Waals surface area contributed by atoms with Gasteiger partial charge in [0.2, 0.25) is 0 Å². The maximum atomic E-state index is 2.45. The second-order valence-electron chi connectivity index (χ2n) is 5.10. The molecule has 2 rings (SSSR count). The van der Waals surface area contributed by atoms with E-state index >= 15 is 0 Å². The fraction of sp³-hybridized carbons (Fsp3) is 0.500. The largest absolute Gasteiger partial charge is 0.359 e. The molecular weight excluding hydrogens is 220 g/mol. The van der Waals surface area contributed by atoms with Gasteiger partial charge in [0, 0.05) is 26.0 Å². The van der Waals surface area contributed by atoms with Crippen LogP contribution >= 0.6 is 0 Å². The number of hydrogen-bond acceptors (Lipinski definition) is 2. The third kappa shape index (κ3) is 3.28. The van der Waals surface area contributed by atoms with E-state index in [1.807, 2.05) is 0 Å². The predicted molar refractivity (Wildman–Crippen MR) is 76.8 cm³/mol. The summed E-state index contributed by atoms with van der Waals surface area (Å²) in [5, 5.41) is 0. The maximum absolute atomic E-state index is 2.45. The number of hydrogen-bond donors (Lipinski definition) is 0. The van der Waals surface area contributed by atoms with Crippen molar-refractivity contribution in [2.45, 2.75) is 45.3 Å². The van der Waals surface area contributed by atoms with Crippen molar-refractivity contribution >= 4 is 0 Å². The van der Waals surface area contributed by atoms with Crippen LogP contribution in [0.25, 0.3) is 0 Å². The Bertz CT molecular complexity index is 372. The predicted octanol–water partition coefficient (Wildman–Crippen LogP) is 3.81. The zero-order chi connectivity index (χ0) is 12.8. The van der Waals surface area contributed by atoms with Crippen molar-refractivity contribution in [3.05, 3.63) is 48.3 Å². The molecule has 1 aromatic rings. The minimum absolute atomic E-state index is 0.539. The quantitative estimate of drug-likeness (QED) is 0.702. The summed E-state index contributed by atoms with van der Waals surface area (Å²) in [6, 6.07) is 10.7. The monoisotopic (exact) mass is 244 g/mol. The van der Waals surface area contributed by atoms with Crippen LogP contribution in [0.3, 0.4) is 0 Å². The first-order chi connectivity index (χ1) is 8.81. The summed E-state index contributed by atoms with van der Waals surface area (Å²) < 4.78 is 0. The second-order valence-corrected chi connectivity index (χ2v) is 5.10. The molecule has 1 atom stereocenters. The zero-order valence-corrected chi connectivity index (χ0v) is 11.5. The van der Waals surface area contributed by atoms with Gasteiger partial charge < -0.3 is 9.80 Å². The fourth-order valence-electron chi connectivity index (χ4n) is 2.52. The van der Waals surface area contributed by atoms with Crippen molar-refractivity contribution in [1.29, 1.82) is 0 Å². The molecule has 2 heteroatoms. The topological polar surface area (TPSA) is 6.48 Å². The number of rotatable bonds is 6. The van der Waals surface area contributed by atoms with Crippen molar-refractivity contribution in [3.8, 4) is 0 Å². The van der Waals surface area contributed by atoms with Gasteiger partial charge in [-0.15, -0.1) is 0 Å². The normalized spacial score (nSPS) is 18.7. The molecule has 1 aromatic carbocycles. The smallest absolute Gasteiger partial charge is 0.101 e. The number of benzene rings is 1. The van der Waals surface area contributed by atoms with Crippen molar-refractivity contribution < 1.29 is 0 Å². The average Bonchev–Trinajstić information content (AvgIpc) is 2.73. The Morgan fingerprint density at radius 1 is 1.06 bits per heavy atom. The maximum Gasteiger partial charge on any atom is 0.101 e. The molecule has 0 saturated heterocycles. The third-order valence-electron chi connectivity index (χ3n) is 3.62. The molecule has 0 spiro atoms. The summed E-state index contributed by atoms with van der Waals surface area (Å²) in [7, 11) is 2.18. The molecule has 2 nitrogen and oxygen atoms in total. The lowest BCUT2D eigenvalue weighted by atomic mass is 10.1. The molecule has 0 fully saturated rings. The van der Waals surface area contributed by atoms with Gasteiger partial charge in [0.05, 0.1) is 0 Å². The summed E-state index contributed by atoms with van der Waals surface area (Å²) in [6.07, 6.45) is 10.2. The molecule has 0 aliphatic carbocycles. The van der Waals surface area contributed by atoms with E-state index in [1.165, 1.54) is 31.2 Å². The molecule has 98 valence electrons. The van der Waals surface area contributed by atoms with Crippen LogP contribution in [0.4, 0.5) is 0 Å². The Morgan fingerprint density at radius 2 is 1.83 bits per heavy atom. The van der Waals surface area contributed by atoms with Gasteiger partial charge in [-0.1, -0.05) is 50.1 Å². The SMILES string of the molecule is CCCCCC1N(C)C=CN1Cc1ccccc1. The minimum Gasteiger partial charge on any atom is -0.359 e. The first-order valence-electron chi connectivity index (χ1n) is 7.01. The van der Waals surface area contributed by atoms with E-state index in [0.717, 1.165) is 6.54 Å². The molecule has 0 saturated carbocycles. The van der Waals surface area contributed by atoms with Crippen LogP contribution < -0.4 is 0 Å². The van der Waals surface area contributed by atoms with E-state index in [0.29, 0.717) is 6.17 Å². The van der Waals surface area contributed by atoms with Gasteiger partial charge in [-0.3, -0.25) is 0 Å². The second kappa shape index (κ2) is 6.48. The summed E-state index contributed by atoms with van der Waals surface area (Å²) in [4.78, 5) is 4.78. The highest BCUT2D eigenvalue weighted by atomic mass is 15.4. The molecular formula is C16H24N2. The van der Waals surface area contributed by atoms with Crippen LogP contribution in [-0.4, -0.2) is 23.0 Å². The summed E-state index contributed by atoms with van der Waals surface area (Å²) in [5.74, 6) is 0. The Balaban J connectivity index is 1.92. The van der Waals surface area contributed by atoms with Gasteiger partial charge in [0.1, 0.15) is 6.17 Å². The highest BCUT2D eigenvalue weighted by Gasteiger charge is 2.22. The fourth-order valence-corrected chi connectivity index (χ4v) is 2.52. The van der Waals surface area contributed by atoms with Gasteiger partial charge in [-0.05, 0) is 18.4 Å². The van der Waals surface area contributed by atoms with E-state index in [9.17, 15) is 0 Å². The Hall–Kier alpha value is -1.44. The van der Waals surface area contributed by atoms with Crippen molar-refractivity contribution in [2.24, 2.45) is 0 Å². The van der Waals surface area contributed by atoms with Crippen molar-refractivity contribution in [2.75, 3.05) is 7.05 Å². The lowest BCUT2D eigenvalue weighted by molar-refractivity contribution is 0.156. The number of nitrogens with zero attached hydrogens (tertiary/aromatic N) is 2. The van der Waals surface area contributed by atoms with E-state index < -0.39 is 0 Å². The Kier molecular flexibility index (Phi) is 4.68. The van der Waals surface area contributed by atoms with Crippen LogP contribution in [0.1, 0.15) is 38.2 Å². The molecule has 0 bridgehead atoms. The third-order valence-corrected chi connectivity index (χ3v) is 3.62. The summed E-state index contributed by atoms with van der Waals surface area (Å²) in [5.41, 5.74) is 1.39. The minimum atomic E-state index is 0.539. The molecule has 1 heterocycles. The van der Waals surface area contributed by atoms with Crippen LogP contribution in [0, 0.1) is 0 Å². The van der Waals surface area contributed by atoms with Gasteiger partial charge in [0.15, 0.2) is 0 Å². The average molecular weight is 244 g/mol. The molecule has 0 amide bonds. The first kappa shape index (κ1) is 13.0. The standard InChI is InChI=1S/C16H24N2/c1-3-4-6-11-16-17(2)12-13-18(16)14-15-9-7-5-8-10-15/h5,7-10,12-13,16H,3-4,6,11,14H2,1-2H3. The first-order valence-corrected chi connectivity index (χ1v) is 7.01. The molecule has 1 unspecified atom stereocenters. The van der Waals surface area contributed by atoms with E-state index in [1.54, 1.807) is 0 Å². The zero-order valence-electron chi connectivity index (χ0n) is 11.5. The Labute approximate surface area is 111 Å². The molecule has 1 aliphatic heterocycles. The summed E-state index contributed by atoms with van der Waals surface area (Å²) >= 11 is 0. The van der Waals surface area contributed by atoms with Crippen LogP contribution in [0.2, 0.25) is 0 Å². The summed E-state index contributed by atoms with van der Waals surface area (Å²) in [6.45, 7) is 3.27. The van der Waals surface area contributed by atoms with Gasteiger partial charge in [0.25, 0.3) is 0 Å². The van der Waals surface area contributed by atoms with E-state index in [2.05, 4.69) is 66.5 Å². The molecule has 0 N–H and O–H groups in total. The lowest BCUT2D eigenvalue weighted by Crippen LogP contribution is -2.36. The van der Waals surface area contributed by atoms with E-state index in [-0.39, 0.29) is 0 Å². The molecule has 18 heavy (non-hydrogen) atoms. The van der Waals surface area contributed by atoms with Gasteiger partial charge >= 0.3 is 0 Å². The Morgan fingerprint density at radius 3 is 2.56 bits per heavy atom.